The van der Waals surface area contributed by atoms with E-state index in [0.29, 0.717) is 0 Å². The maximum absolute atomic E-state index is 2.00. The van der Waals surface area contributed by atoms with E-state index < -0.39 is 0 Å². The fraction of sp³-hybridized carbons (Fsp3) is 0.500. The Morgan fingerprint density at radius 3 is 2.20 bits per heavy atom. The van der Waals surface area contributed by atoms with Crippen molar-refractivity contribution < 1.29 is 0 Å². The molecule has 0 unspecified atom stereocenters. The Balaban J connectivity index is 2.62. The highest BCUT2D eigenvalue weighted by Crippen LogP contribution is 1.60. The Labute approximate surface area is 34.1 Å². The number of hydrogen-bond donors (Lipinski definition) is 0. The summed E-state index contributed by atoms with van der Waals surface area (Å²) in [6, 6.07) is 0. The number of allylic oxidation sites excluding steroid dienone is 1. The van der Waals surface area contributed by atoms with E-state index in [4.69, 9.17) is 0 Å². The second-order valence-corrected chi connectivity index (χ2v) is 0.859. The molecule has 0 aromatic carbocycles. The van der Waals surface area contributed by atoms with Crippen LogP contribution in [0.3, 0.4) is 0 Å². The van der Waals surface area contributed by atoms with Crippen molar-refractivity contribution in [2.45, 2.75) is 13.7 Å². The molecule has 0 bridgehead atoms. The second kappa shape index (κ2) is 3.80. The van der Waals surface area contributed by atoms with Crippen LogP contribution in [0, 0.1) is 0 Å². The highest BCUT2D eigenvalue weighted by molar-refractivity contribution is 6.40. The largest absolute Gasteiger partial charge is 0.137 e. The minimum atomic E-state index is 2.00. The third-order valence-corrected chi connectivity index (χ3v) is 0.385. The van der Waals surface area contributed by atoms with Crippen molar-refractivity contribution in [2.75, 3.05) is 0 Å². The second-order valence-electron chi connectivity index (χ2n) is 0.859. The SMILES string of the molecule is C[B]/C=C/C. The molecule has 0 fully saturated rings. The molecule has 0 atom stereocenters. The van der Waals surface area contributed by atoms with Gasteiger partial charge in [-0.05, 0) is 6.92 Å². The molecule has 0 aromatic rings. The lowest BCUT2D eigenvalue weighted by molar-refractivity contribution is 1.78. The summed E-state index contributed by atoms with van der Waals surface area (Å²) in [6.45, 7) is 4.00. The molecule has 1 heteroatoms. The molecule has 0 rings (SSSR count). The molecular formula is C4H8B. The first-order chi connectivity index (χ1) is 2.41. The molecule has 0 nitrogen and oxygen atoms in total. The van der Waals surface area contributed by atoms with Crippen LogP contribution in [-0.4, -0.2) is 7.28 Å². The lowest BCUT2D eigenvalue weighted by atomic mass is 9.83. The van der Waals surface area contributed by atoms with Crippen LogP contribution in [0.1, 0.15) is 6.92 Å². The zero-order valence-electron chi connectivity index (χ0n) is 3.73. The van der Waals surface area contributed by atoms with Gasteiger partial charge in [-0.2, -0.15) is 0 Å². The van der Waals surface area contributed by atoms with E-state index in [9.17, 15) is 0 Å². The Hall–Kier alpha value is -0.195. The Morgan fingerprint density at radius 1 is 1.60 bits per heavy atom. The van der Waals surface area contributed by atoms with Gasteiger partial charge in [0.05, 0.1) is 0 Å². The van der Waals surface area contributed by atoms with Crippen molar-refractivity contribution in [3.05, 3.63) is 12.1 Å². The first-order valence-corrected chi connectivity index (χ1v) is 1.82. The molecule has 0 saturated carbocycles. The minimum absolute atomic E-state index is 2.00. The smallest absolute Gasteiger partial charge is 0.127 e. The molecule has 0 aromatic heterocycles. The monoisotopic (exact) mass is 67.1 g/mol. The van der Waals surface area contributed by atoms with E-state index in [1.54, 1.807) is 0 Å². The standard InChI is InChI=1S/C4H8B/c1-3-4-5-2/h3-4H,1-2H3/b4-3+. The van der Waals surface area contributed by atoms with Crippen molar-refractivity contribution in [2.24, 2.45) is 0 Å². The van der Waals surface area contributed by atoms with Gasteiger partial charge in [-0.3, -0.25) is 0 Å². The molecule has 0 amide bonds. The van der Waals surface area contributed by atoms with Gasteiger partial charge >= 0.3 is 0 Å². The quantitative estimate of drug-likeness (QED) is 0.405. The van der Waals surface area contributed by atoms with Crippen LogP contribution < -0.4 is 0 Å². The molecule has 27 valence electrons. The van der Waals surface area contributed by atoms with Gasteiger partial charge in [0, 0.05) is 0 Å². The molecule has 0 aliphatic heterocycles. The molecule has 5 heavy (non-hydrogen) atoms. The Morgan fingerprint density at radius 2 is 2.20 bits per heavy atom. The van der Waals surface area contributed by atoms with Crippen molar-refractivity contribution in [1.82, 2.24) is 0 Å². The predicted molar refractivity (Wildman–Crippen MR) is 26.4 cm³/mol. The molecule has 0 saturated heterocycles. The summed E-state index contributed by atoms with van der Waals surface area (Å²) in [4.78, 5) is 0. The first-order valence-electron chi connectivity index (χ1n) is 1.82. The van der Waals surface area contributed by atoms with Crippen molar-refractivity contribution in [3.63, 3.8) is 0 Å². The molecule has 1 radical (unpaired) electrons. The maximum Gasteiger partial charge on any atom is 0.137 e. The summed E-state index contributed by atoms with van der Waals surface area (Å²) < 4.78 is 0. The van der Waals surface area contributed by atoms with E-state index in [-0.39, 0.29) is 0 Å². The summed E-state index contributed by atoms with van der Waals surface area (Å²) in [5.41, 5.74) is 0. The normalized spacial score (nSPS) is 9.20. The summed E-state index contributed by atoms with van der Waals surface area (Å²) >= 11 is 0. The lowest BCUT2D eigenvalue weighted by Crippen LogP contribution is -1.64. The summed E-state index contributed by atoms with van der Waals surface area (Å²) in [5, 5.41) is 0. The van der Waals surface area contributed by atoms with Gasteiger partial charge in [0.15, 0.2) is 0 Å². The van der Waals surface area contributed by atoms with Crippen LogP contribution in [0.25, 0.3) is 0 Å². The number of rotatable bonds is 1. The summed E-state index contributed by atoms with van der Waals surface area (Å²) in [6.07, 6.45) is 2.00. The van der Waals surface area contributed by atoms with Gasteiger partial charge < -0.3 is 0 Å². The average Bonchev–Trinajstić information content (AvgIpc) is 1.41. The highest BCUT2D eigenvalue weighted by atomic mass is 13.4. The van der Waals surface area contributed by atoms with Crippen LogP contribution in [0.2, 0.25) is 6.82 Å². The van der Waals surface area contributed by atoms with Crippen molar-refractivity contribution in [1.29, 1.82) is 0 Å². The Bertz CT molecular complexity index is 30.6. The van der Waals surface area contributed by atoms with Crippen molar-refractivity contribution in [3.8, 4) is 0 Å². The Kier molecular flexibility index (Phi) is 3.66. The van der Waals surface area contributed by atoms with E-state index in [0.717, 1.165) is 0 Å². The number of hydrogen-bond acceptors (Lipinski definition) is 0. The molecule has 0 N–H and O–H groups in total. The van der Waals surface area contributed by atoms with Crippen LogP contribution in [0.5, 0.6) is 0 Å². The molecule has 0 heterocycles. The summed E-state index contributed by atoms with van der Waals surface area (Å²) in [7, 11) is 2.00. The van der Waals surface area contributed by atoms with Crippen LogP contribution in [0.4, 0.5) is 0 Å². The lowest BCUT2D eigenvalue weighted by Gasteiger charge is -1.61. The van der Waals surface area contributed by atoms with E-state index >= 15 is 0 Å². The van der Waals surface area contributed by atoms with Gasteiger partial charge in [0.2, 0.25) is 0 Å². The van der Waals surface area contributed by atoms with E-state index in [2.05, 4.69) is 0 Å². The zero-order valence-corrected chi connectivity index (χ0v) is 3.73. The van der Waals surface area contributed by atoms with Crippen LogP contribution in [0.15, 0.2) is 12.1 Å². The molecule has 0 aliphatic rings. The van der Waals surface area contributed by atoms with E-state index in [1.807, 2.05) is 33.1 Å². The van der Waals surface area contributed by atoms with Gasteiger partial charge in [-0.15, -0.1) is 12.1 Å². The average molecular weight is 66.9 g/mol. The van der Waals surface area contributed by atoms with Gasteiger partial charge in [-0.25, -0.2) is 0 Å². The molecule has 0 spiro atoms. The van der Waals surface area contributed by atoms with E-state index in [1.165, 1.54) is 0 Å². The zero-order chi connectivity index (χ0) is 4.12. The highest BCUT2D eigenvalue weighted by Gasteiger charge is 1.57. The minimum Gasteiger partial charge on any atom is -0.127 e. The fourth-order valence-corrected chi connectivity index (χ4v) is 0.192. The third kappa shape index (κ3) is 3.80. The van der Waals surface area contributed by atoms with Crippen LogP contribution >= 0.6 is 0 Å². The first kappa shape index (κ1) is 4.80. The molecule has 0 aliphatic carbocycles. The molecular weight excluding hydrogens is 58.9 g/mol. The van der Waals surface area contributed by atoms with Crippen LogP contribution in [-0.2, 0) is 0 Å². The fourth-order valence-electron chi connectivity index (χ4n) is 0.192. The van der Waals surface area contributed by atoms with Crippen molar-refractivity contribution >= 4 is 7.28 Å². The third-order valence-electron chi connectivity index (χ3n) is 0.385. The van der Waals surface area contributed by atoms with Gasteiger partial charge in [0.1, 0.15) is 7.28 Å². The topological polar surface area (TPSA) is 0 Å². The predicted octanol–water partition coefficient (Wildman–Crippen LogP) is 1.27. The maximum atomic E-state index is 2.00. The van der Waals surface area contributed by atoms with Gasteiger partial charge in [0.25, 0.3) is 0 Å². The van der Waals surface area contributed by atoms with Gasteiger partial charge in [-0.1, -0.05) is 6.82 Å². The summed E-state index contributed by atoms with van der Waals surface area (Å²) in [5.74, 6) is 2.00.